The summed E-state index contributed by atoms with van der Waals surface area (Å²) in [6.07, 6.45) is 2.22. The number of aromatic nitrogens is 1. The van der Waals surface area contributed by atoms with Gasteiger partial charge in [-0.3, -0.25) is 14.6 Å². The molecule has 3 N–H and O–H groups in total. The van der Waals surface area contributed by atoms with Crippen molar-refractivity contribution in [3.63, 3.8) is 0 Å². The lowest BCUT2D eigenvalue weighted by Gasteiger charge is -2.19. The van der Waals surface area contributed by atoms with Crippen molar-refractivity contribution >= 4 is 11.7 Å². The minimum Gasteiger partial charge on any atom is -0.391 e. The highest BCUT2D eigenvalue weighted by Gasteiger charge is 2.25. The highest BCUT2D eigenvalue weighted by molar-refractivity contribution is 5.98. The van der Waals surface area contributed by atoms with Crippen molar-refractivity contribution in [2.45, 2.75) is 19.1 Å². The van der Waals surface area contributed by atoms with Gasteiger partial charge in [-0.25, -0.2) is 0 Å². The molecule has 2 atom stereocenters. The fraction of sp³-hybridized carbons (Fsp3) is 0.211. The largest absolute Gasteiger partial charge is 0.391 e. The SMILES string of the molecule is C[C@@H](O)[C@H](NC(=O)c1ccc(C#Cc2cccnc2)cc1)C(=O)CO. The first-order chi connectivity index (χ1) is 12.0. The van der Waals surface area contributed by atoms with Crippen LogP contribution in [0.4, 0.5) is 0 Å². The van der Waals surface area contributed by atoms with Gasteiger partial charge in [0.2, 0.25) is 0 Å². The Morgan fingerprint density at radius 2 is 1.84 bits per heavy atom. The van der Waals surface area contributed by atoms with Crippen LogP contribution < -0.4 is 5.32 Å². The summed E-state index contributed by atoms with van der Waals surface area (Å²) in [4.78, 5) is 27.7. The van der Waals surface area contributed by atoms with Gasteiger partial charge in [0.15, 0.2) is 5.78 Å². The van der Waals surface area contributed by atoms with E-state index in [1.54, 1.807) is 42.7 Å². The van der Waals surface area contributed by atoms with Gasteiger partial charge in [0, 0.05) is 29.1 Å². The molecule has 0 saturated heterocycles. The van der Waals surface area contributed by atoms with Crippen LogP contribution in [0.3, 0.4) is 0 Å². The number of nitrogens with zero attached hydrogens (tertiary/aromatic N) is 1. The Morgan fingerprint density at radius 3 is 2.40 bits per heavy atom. The lowest BCUT2D eigenvalue weighted by atomic mass is 10.1. The number of aliphatic hydroxyl groups excluding tert-OH is 2. The maximum absolute atomic E-state index is 12.2. The number of carbonyl (C=O) groups is 2. The van der Waals surface area contributed by atoms with Crippen LogP contribution in [0.2, 0.25) is 0 Å². The number of amides is 1. The maximum Gasteiger partial charge on any atom is 0.251 e. The number of hydrogen-bond acceptors (Lipinski definition) is 5. The summed E-state index contributed by atoms with van der Waals surface area (Å²) >= 11 is 0. The Bertz CT molecular complexity index is 790. The second-order valence-corrected chi connectivity index (χ2v) is 5.39. The van der Waals surface area contributed by atoms with E-state index in [2.05, 4.69) is 22.1 Å². The Labute approximate surface area is 145 Å². The molecule has 0 aliphatic rings. The van der Waals surface area contributed by atoms with Crippen LogP contribution in [0, 0.1) is 11.8 Å². The summed E-state index contributed by atoms with van der Waals surface area (Å²) in [7, 11) is 0. The summed E-state index contributed by atoms with van der Waals surface area (Å²) in [5, 5.41) is 20.9. The van der Waals surface area contributed by atoms with Crippen LogP contribution in [0.5, 0.6) is 0 Å². The van der Waals surface area contributed by atoms with Crippen molar-refractivity contribution in [1.29, 1.82) is 0 Å². The third-order valence-corrected chi connectivity index (χ3v) is 3.43. The molecule has 1 amide bonds. The van der Waals surface area contributed by atoms with Crippen LogP contribution in [0.1, 0.15) is 28.4 Å². The van der Waals surface area contributed by atoms with Gasteiger partial charge >= 0.3 is 0 Å². The molecule has 0 saturated carbocycles. The third kappa shape index (κ3) is 5.24. The number of carbonyl (C=O) groups excluding carboxylic acids is 2. The normalized spacial score (nSPS) is 12.4. The minimum absolute atomic E-state index is 0.323. The van der Waals surface area contributed by atoms with Gasteiger partial charge in [0.1, 0.15) is 12.6 Å². The molecule has 0 unspecified atom stereocenters. The lowest BCUT2D eigenvalue weighted by Crippen LogP contribution is -2.48. The van der Waals surface area contributed by atoms with Crippen LogP contribution in [-0.2, 0) is 4.79 Å². The number of nitrogens with one attached hydrogen (secondary N) is 1. The van der Waals surface area contributed by atoms with Crippen molar-refractivity contribution in [2.24, 2.45) is 0 Å². The van der Waals surface area contributed by atoms with E-state index in [1.165, 1.54) is 6.92 Å². The predicted molar refractivity (Wildman–Crippen MR) is 91.7 cm³/mol. The molecule has 0 aliphatic heterocycles. The zero-order valence-electron chi connectivity index (χ0n) is 13.6. The molecular weight excluding hydrogens is 320 g/mol. The van der Waals surface area contributed by atoms with Gasteiger partial charge in [-0.15, -0.1) is 0 Å². The van der Waals surface area contributed by atoms with Crippen LogP contribution >= 0.6 is 0 Å². The van der Waals surface area contributed by atoms with E-state index in [0.29, 0.717) is 5.56 Å². The smallest absolute Gasteiger partial charge is 0.251 e. The topological polar surface area (TPSA) is 99.5 Å². The van der Waals surface area contributed by atoms with E-state index in [1.807, 2.05) is 6.07 Å². The van der Waals surface area contributed by atoms with Crippen LogP contribution in [0.25, 0.3) is 0 Å². The molecule has 2 rings (SSSR count). The minimum atomic E-state index is -1.15. The van der Waals surface area contributed by atoms with Crippen molar-refractivity contribution in [3.05, 3.63) is 65.5 Å². The zero-order valence-corrected chi connectivity index (χ0v) is 13.6. The van der Waals surface area contributed by atoms with E-state index in [-0.39, 0.29) is 0 Å². The number of pyridine rings is 1. The van der Waals surface area contributed by atoms with Crippen LogP contribution in [-0.4, -0.2) is 45.6 Å². The average molecular weight is 338 g/mol. The predicted octanol–water partition coefficient (Wildman–Crippen LogP) is 0.522. The van der Waals surface area contributed by atoms with Gasteiger partial charge in [-0.05, 0) is 43.3 Å². The second kappa shape index (κ2) is 8.73. The molecule has 0 aliphatic carbocycles. The van der Waals surface area contributed by atoms with Crippen molar-refractivity contribution in [1.82, 2.24) is 10.3 Å². The highest BCUT2D eigenvalue weighted by Crippen LogP contribution is 2.06. The molecule has 1 heterocycles. The summed E-state index contributed by atoms with van der Waals surface area (Å²) in [5.41, 5.74) is 1.83. The number of rotatable bonds is 5. The van der Waals surface area contributed by atoms with Crippen molar-refractivity contribution in [3.8, 4) is 11.8 Å². The van der Waals surface area contributed by atoms with Crippen molar-refractivity contribution in [2.75, 3.05) is 6.61 Å². The monoisotopic (exact) mass is 338 g/mol. The van der Waals surface area contributed by atoms with Gasteiger partial charge < -0.3 is 15.5 Å². The van der Waals surface area contributed by atoms with Gasteiger partial charge in [0.25, 0.3) is 5.91 Å². The molecule has 128 valence electrons. The first-order valence-corrected chi connectivity index (χ1v) is 7.66. The fourth-order valence-corrected chi connectivity index (χ4v) is 2.08. The van der Waals surface area contributed by atoms with E-state index in [9.17, 15) is 14.7 Å². The molecule has 0 spiro atoms. The fourth-order valence-electron chi connectivity index (χ4n) is 2.08. The quantitative estimate of drug-likeness (QED) is 0.691. The molecule has 25 heavy (non-hydrogen) atoms. The van der Waals surface area contributed by atoms with Gasteiger partial charge in [-0.1, -0.05) is 11.8 Å². The molecule has 0 bridgehead atoms. The molecule has 6 heteroatoms. The highest BCUT2D eigenvalue weighted by atomic mass is 16.3. The Kier molecular flexibility index (Phi) is 6.40. The third-order valence-electron chi connectivity index (χ3n) is 3.43. The standard InChI is InChI=1S/C19H18N2O4/c1-13(23)18(17(24)12-22)21-19(25)16-8-6-14(7-9-16)4-5-15-3-2-10-20-11-15/h2-3,6-11,13,18,22-23H,12H2,1H3,(H,21,25)/t13-,18+/m1/s1. The zero-order chi connectivity index (χ0) is 18.2. The summed E-state index contributed by atoms with van der Waals surface area (Å²) in [5.74, 6) is 4.76. The molecule has 0 radical (unpaired) electrons. The Morgan fingerprint density at radius 1 is 1.16 bits per heavy atom. The molecule has 2 aromatic rings. The molecule has 1 aromatic carbocycles. The molecule has 6 nitrogen and oxygen atoms in total. The number of aliphatic hydroxyl groups is 2. The molecule has 0 fully saturated rings. The Hall–Kier alpha value is -3.01. The van der Waals surface area contributed by atoms with E-state index in [4.69, 9.17) is 5.11 Å². The molecular formula is C19H18N2O4. The first kappa shape index (κ1) is 18.3. The summed E-state index contributed by atoms with van der Waals surface area (Å²) in [6, 6.07) is 9.01. The number of benzene rings is 1. The lowest BCUT2D eigenvalue weighted by molar-refractivity contribution is -0.125. The number of Topliss-reactive ketones (excluding diaryl/α,β-unsaturated/α-hetero) is 1. The average Bonchev–Trinajstić information content (AvgIpc) is 2.64. The van der Waals surface area contributed by atoms with Gasteiger partial charge in [0.05, 0.1) is 6.10 Å². The van der Waals surface area contributed by atoms with E-state index < -0.39 is 30.4 Å². The number of hydrogen-bond donors (Lipinski definition) is 3. The summed E-state index contributed by atoms with van der Waals surface area (Å²) < 4.78 is 0. The van der Waals surface area contributed by atoms with E-state index in [0.717, 1.165) is 11.1 Å². The molecule has 1 aromatic heterocycles. The maximum atomic E-state index is 12.2. The van der Waals surface area contributed by atoms with Crippen molar-refractivity contribution < 1.29 is 19.8 Å². The van der Waals surface area contributed by atoms with E-state index >= 15 is 0 Å². The first-order valence-electron chi connectivity index (χ1n) is 7.66. The Balaban J connectivity index is 2.07. The summed E-state index contributed by atoms with van der Waals surface area (Å²) in [6.45, 7) is 0.619. The van der Waals surface area contributed by atoms with Gasteiger partial charge in [-0.2, -0.15) is 0 Å². The second-order valence-electron chi connectivity index (χ2n) is 5.39. The number of ketones is 1. The van der Waals surface area contributed by atoms with Crippen LogP contribution in [0.15, 0.2) is 48.8 Å².